The monoisotopic (exact) mass is 169 g/mol. The maximum Gasteiger partial charge on any atom is 0.217 e. The SMILES string of the molecule is CC(=O)NC/C(C)=C/C=C(\C)O. The maximum absolute atomic E-state index is 10.5. The fourth-order valence-corrected chi connectivity index (χ4v) is 0.586. The molecule has 0 rings (SSSR count). The van der Waals surface area contributed by atoms with Gasteiger partial charge in [-0.15, -0.1) is 0 Å². The molecule has 0 heterocycles. The summed E-state index contributed by atoms with van der Waals surface area (Å²) in [6.45, 7) is 5.48. The fraction of sp³-hybridized carbons (Fsp3) is 0.444. The van der Waals surface area contributed by atoms with Crippen molar-refractivity contribution in [2.45, 2.75) is 20.8 Å². The van der Waals surface area contributed by atoms with Gasteiger partial charge in [-0.1, -0.05) is 11.6 Å². The van der Waals surface area contributed by atoms with E-state index in [1.807, 2.05) is 6.92 Å². The molecule has 0 aromatic carbocycles. The van der Waals surface area contributed by atoms with Gasteiger partial charge >= 0.3 is 0 Å². The molecule has 12 heavy (non-hydrogen) atoms. The largest absolute Gasteiger partial charge is 0.513 e. The molecule has 0 fully saturated rings. The van der Waals surface area contributed by atoms with Crippen LogP contribution in [-0.4, -0.2) is 17.6 Å². The third kappa shape index (κ3) is 6.86. The first-order valence-corrected chi connectivity index (χ1v) is 3.80. The van der Waals surface area contributed by atoms with Gasteiger partial charge in [-0.25, -0.2) is 0 Å². The summed E-state index contributed by atoms with van der Waals surface area (Å²) < 4.78 is 0. The topological polar surface area (TPSA) is 49.3 Å². The number of nitrogens with one attached hydrogen (secondary N) is 1. The molecule has 0 bridgehead atoms. The lowest BCUT2D eigenvalue weighted by molar-refractivity contribution is -0.118. The van der Waals surface area contributed by atoms with Crippen LogP contribution in [0.15, 0.2) is 23.5 Å². The van der Waals surface area contributed by atoms with Crippen LogP contribution in [0.3, 0.4) is 0 Å². The van der Waals surface area contributed by atoms with E-state index in [9.17, 15) is 4.79 Å². The number of amides is 1. The molecule has 0 aliphatic rings. The summed E-state index contributed by atoms with van der Waals surface area (Å²) in [5, 5.41) is 11.5. The molecule has 1 amide bonds. The zero-order valence-electron chi connectivity index (χ0n) is 7.72. The van der Waals surface area contributed by atoms with Crippen LogP contribution in [0.4, 0.5) is 0 Å². The summed E-state index contributed by atoms with van der Waals surface area (Å²) in [7, 11) is 0. The second kappa shape index (κ2) is 5.41. The molecule has 0 unspecified atom stereocenters. The van der Waals surface area contributed by atoms with Crippen molar-refractivity contribution < 1.29 is 9.90 Å². The Balaban J connectivity index is 3.86. The number of allylic oxidation sites excluding steroid dienone is 3. The predicted octanol–water partition coefficient (Wildman–Crippen LogP) is 1.53. The summed E-state index contributed by atoms with van der Waals surface area (Å²) >= 11 is 0. The van der Waals surface area contributed by atoms with Gasteiger partial charge in [0, 0.05) is 13.5 Å². The normalized spacial score (nSPS) is 12.9. The lowest BCUT2D eigenvalue weighted by Crippen LogP contribution is -2.21. The van der Waals surface area contributed by atoms with Crippen molar-refractivity contribution in [3.63, 3.8) is 0 Å². The molecule has 68 valence electrons. The molecule has 0 aliphatic heterocycles. The molecule has 0 radical (unpaired) electrons. The van der Waals surface area contributed by atoms with Crippen molar-refractivity contribution >= 4 is 5.91 Å². The van der Waals surface area contributed by atoms with Crippen LogP contribution in [0.1, 0.15) is 20.8 Å². The van der Waals surface area contributed by atoms with E-state index in [1.54, 1.807) is 19.1 Å². The second-order valence-corrected chi connectivity index (χ2v) is 2.73. The van der Waals surface area contributed by atoms with Gasteiger partial charge in [0.15, 0.2) is 0 Å². The first-order valence-electron chi connectivity index (χ1n) is 3.80. The van der Waals surface area contributed by atoms with Gasteiger partial charge in [-0.3, -0.25) is 4.79 Å². The Morgan fingerprint density at radius 2 is 1.92 bits per heavy atom. The molecule has 2 N–H and O–H groups in total. The molecular weight excluding hydrogens is 154 g/mol. The minimum absolute atomic E-state index is 0.0487. The predicted molar refractivity (Wildman–Crippen MR) is 48.8 cm³/mol. The summed E-state index contributed by atoms with van der Waals surface area (Å²) in [4.78, 5) is 10.5. The average molecular weight is 169 g/mol. The smallest absolute Gasteiger partial charge is 0.217 e. The highest BCUT2D eigenvalue weighted by Gasteiger charge is 1.90. The Kier molecular flexibility index (Phi) is 4.84. The van der Waals surface area contributed by atoms with Crippen molar-refractivity contribution in [1.82, 2.24) is 5.32 Å². The molecule has 3 nitrogen and oxygen atoms in total. The van der Waals surface area contributed by atoms with Crippen molar-refractivity contribution in [2.24, 2.45) is 0 Å². The Morgan fingerprint density at radius 3 is 2.33 bits per heavy atom. The van der Waals surface area contributed by atoms with Crippen LogP contribution in [-0.2, 0) is 4.79 Å². The van der Waals surface area contributed by atoms with Crippen LogP contribution < -0.4 is 5.32 Å². The zero-order valence-corrected chi connectivity index (χ0v) is 7.72. The van der Waals surface area contributed by atoms with Crippen LogP contribution in [0, 0.1) is 0 Å². The van der Waals surface area contributed by atoms with E-state index in [0.717, 1.165) is 5.57 Å². The van der Waals surface area contributed by atoms with E-state index < -0.39 is 0 Å². The number of aliphatic hydroxyl groups excluding tert-OH is 1. The zero-order chi connectivity index (χ0) is 9.56. The summed E-state index contributed by atoms with van der Waals surface area (Å²) in [6, 6.07) is 0. The highest BCUT2D eigenvalue weighted by atomic mass is 16.3. The van der Waals surface area contributed by atoms with Gasteiger partial charge in [0.2, 0.25) is 5.91 Å². The van der Waals surface area contributed by atoms with Gasteiger partial charge in [-0.2, -0.15) is 0 Å². The van der Waals surface area contributed by atoms with Gasteiger partial charge in [-0.05, 0) is 19.9 Å². The van der Waals surface area contributed by atoms with Crippen LogP contribution in [0.5, 0.6) is 0 Å². The first kappa shape index (κ1) is 10.8. The number of carbonyl (C=O) groups is 1. The van der Waals surface area contributed by atoms with Crippen molar-refractivity contribution in [1.29, 1.82) is 0 Å². The molecular formula is C9H15NO2. The quantitative estimate of drug-likeness (QED) is 0.497. The highest BCUT2D eigenvalue weighted by Crippen LogP contribution is 1.93. The molecule has 0 spiro atoms. The summed E-state index contributed by atoms with van der Waals surface area (Å²) in [5.74, 6) is 0.213. The number of aliphatic hydroxyl groups is 1. The third-order valence-corrected chi connectivity index (χ3v) is 1.23. The highest BCUT2D eigenvalue weighted by molar-refractivity contribution is 5.73. The van der Waals surface area contributed by atoms with Crippen LogP contribution in [0.25, 0.3) is 0 Å². The fourth-order valence-electron chi connectivity index (χ4n) is 0.586. The second-order valence-electron chi connectivity index (χ2n) is 2.73. The lowest BCUT2D eigenvalue weighted by Gasteiger charge is -2.00. The Hall–Kier alpha value is -1.25. The Labute approximate surface area is 72.8 Å². The van der Waals surface area contributed by atoms with E-state index >= 15 is 0 Å². The van der Waals surface area contributed by atoms with Crippen LogP contribution >= 0.6 is 0 Å². The van der Waals surface area contributed by atoms with Gasteiger partial charge in [0.1, 0.15) is 0 Å². The minimum Gasteiger partial charge on any atom is -0.513 e. The maximum atomic E-state index is 10.5. The molecule has 0 saturated carbocycles. The van der Waals surface area contributed by atoms with E-state index in [-0.39, 0.29) is 11.7 Å². The van der Waals surface area contributed by atoms with Crippen molar-refractivity contribution in [3.05, 3.63) is 23.5 Å². The Morgan fingerprint density at radius 1 is 1.33 bits per heavy atom. The van der Waals surface area contributed by atoms with Gasteiger partial charge < -0.3 is 10.4 Å². The van der Waals surface area contributed by atoms with E-state index in [4.69, 9.17) is 5.11 Å². The molecule has 0 aromatic heterocycles. The van der Waals surface area contributed by atoms with E-state index in [0.29, 0.717) is 6.54 Å². The van der Waals surface area contributed by atoms with E-state index in [1.165, 1.54) is 6.92 Å². The number of carbonyl (C=O) groups excluding carboxylic acids is 1. The van der Waals surface area contributed by atoms with Crippen LogP contribution in [0.2, 0.25) is 0 Å². The summed E-state index contributed by atoms with van der Waals surface area (Å²) in [5.41, 5.74) is 0.999. The standard InChI is InChI=1S/C9H15NO2/c1-7(4-5-8(2)11)6-10-9(3)12/h4-5,11H,6H2,1-3H3,(H,10,12)/b7-4+,8-5+. The van der Waals surface area contributed by atoms with Crippen molar-refractivity contribution in [2.75, 3.05) is 6.54 Å². The number of hydrogen-bond acceptors (Lipinski definition) is 2. The number of rotatable bonds is 3. The summed E-state index contributed by atoms with van der Waals surface area (Å²) in [6.07, 6.45) is 3.36. The third-order valence-electron chi connectivity index (χ3n) is 1.23. The molecule has 0 atom stereocenters. The molecule has 3 heteroatoms. The van der Waals surface area contributed by atoms with E-state index in [2.05, 4.69) is 5.32 Å². The van der Waals surface area contributed by atoms with Crippen molar-refractivity contribution in [3.8, 4) is 0 Å². The Bertz CT molecular complexity index is 213. The molecule has 0 aliphatic carbocycles. The first-order chi connectivity index (χ1) is 5.52. The lowest BCUT2D eigenvalue weighted by atomic mass is 10.2. The van der Waals surface area contributed by atoms with Gasteiger partial charge in [0.05, 0.1) is 5.76 Å². The van der Waals surface area contributed by atoms with Gasteiger partial charge in [0.25, 0.3) is 0 Å². The number of hydrogen-bond donors (Lipinski definition) is 2. The molecule has 0 aromatic rings. The molecule has 0 saturated heterocycles. The average Bonchev–Trinajstić information content (AvgIpc) is 1.96. The minimum atomic E-state index is -0.0487.